The third kappa shape index (κ3) is 8.22. The maximum Gasteiger partial charge on any atom is 0.320 e. The number of nitrogens with zero attached hydrogens (tertiary/aromatic N) is 6. The van der Waals surface area contributed by atoms with Crippen molar-refractivity contribution in [1.29, 1.82) is 0 Å². The molecule has 13 nitrogen and oxygen atoms in total. The van der Waals surface area contributed by atoms with Gasteiger partial charge in [0.2, 0.25) is 5.82 Å². The summed E-state index contributed by atoms with van der Waals surface area (Å²) in [7, 11) is 5.60. The fraction of sp³-hybridized carbons (Fsp3) is 0.514. The first-order valence-electron chi connectivity index (χ1n) is 17.0. The predicted molar refractivity (Wildman–Crippen MR) is 193 cm³/mol. The molecule has 3 amide bonds. The molecule has 3 heterocycles. The van der Waals surface area contributed by atoms with Crippen LogP contribution in [0.3, 0.4) is 0 Å². The van der Waals surface area contributed by atoms with E-state index in [1.54, 1.807) is 13.2 Å². The molecule has 50 heavy (non-hydrogen) atoms. The zero-order chi connectivity index (χ0) is 36.4. The number of benzene rings is 1. The molecular weight excluding hydrogens is 634 g/mol. The number of ether oxygens (including phenoxy) is 2. The molecule has 268 valence electrons. The Hall–Kier alpha value is -4.62. The molecule has 0 saturated heterocycles. The lowest BCUT2D eigenvalue weighted by Gasteiger charge is -2.32. The van der Waals surface area contributed by atoms with Crippen LogP contribution in [0, 0.1) is 0 Å². The SMILES string of the molecule is COCC(C)(C)c1nnc2ccc(OC3CCC(NC(=O)Nc4cc(C(C)(C)C)nc(C(=O)NCC(C)(C)N(C)C)n4)c4ccccc43)cn12. The van der Waals surface area contributed by atoms with Crippen molar-refractivity contribution in [3.8, 4) is 5.75 Å². The van der Waals surface area contributed by atoms with E-state index < -0.39 is 11.9 Å². The number of methoxy groups -OCH3 is 1. The number of rotatable bonds is 11. The molecule has 0 bridgehead atoms. The molecule has 3 aromatic heterocycles. The number of likely N-dealkylation sites (N-methyl/N-ethyl adjacent to an activating group) is 1. The molecule has 0 fully saturated rings. The van der Waals surface area contributed by atoms with Gasteiger partial charge in [0.1, 0.15) is 23.5 Å². The first kappa shape index (κ1) is 36.7. The van der Waals surface area contributed by atoms with E-state index in [0.29, 0.717) is 37.4 Å². The second-order valence-electron chi connectivity index (χ2n) is 15.5. The summed E-state index contributed by atoms with van der Waals surface area (Å²) in [5.41, 5.74) is 2.36. The van der Waals surface area contributed by atoms with Crippen LogP contribution >= 0.6 is 0 Å². The lowest BCUT2D eigenvalue weighted by molar-refractivity contribution is 0.0909. The van der Waals surface area contributed by atoms with Gasteiger partial charge in [0.15, 0.2) is 5.65 Å². The summed E-state index contributed by atoms with van der Waals surface area (Å²) in [5.74, 6) is 1.34. The average molecular weight is 686 g/mol. The molecule has 2 unspecified atom stereocenters. The summed E-state index contributed by atoms with van der Waals surface area (Å²) in [6, 6.07) is 12.8. The van der Waals surface area contributed by atoms with E-state index in [4.69, 9.17) is 9.47 Å². The van der Waals surface area contributed by atoms with Crippen molar-refractivity contribution in [2.45, 2.75) is 89.8 Å². The molecule has 0 spiro atoms. The van der Waals surface area contributed by atoms with Crippen LogP contribution in [-0.2, 0) is 15.6 Å². The number of fused-ring (bicyclic) bond motifs is 2. The van der Waals surface area contributed by atoms with Crippen molar-refractivity contribution in [2.24, 2.45) is 0 Å². The number of carbonyl (C=O) groups is 2. The molecule has 0 aliphatic heterocycles. The fourth-order valence-electron chi connectivity index (χ4n) is 5.86. The Morgan fingerprint density at radius 1 is 0.960 bits per heavy atom. The molecule has 4 aromatic rings. The molecule has 1 aliphatic carbocycles. The predicted octanol–water partition coefficient (Wildman–Crippen LogP) is 5.59. The van der Waals surface area contributed by atoms with Gasteiger partial charge in [0.05, 0.1) is 24.5 Å². The van der Waals surface area contributed by atoms with Crippen LogP contribution in [0.15, 0.2) is 48.7 Å². The Morgan fingerprint density at radius 2 is 1.68 bits per heavy atom. The van der Waals surface area contributed by atoms with Gasteiger partial charge in [0.25, 0.3) is 5.91 Å². The van der Waals surface area contributed by atoms with Crippen LogP contribution in [-0.4, -0.2) is 81.3 Å². The Balaban J connectivity index is 1.31. The third-order valence-electron chi connectivity index (χ3n) is 9.34. The monoisotopic (exact) mass is 685 g/mol. The smallest absolute Gasteiger partial charge is 0.320 e. The lowest BCUT2D eigenvalue weighted by atomic mass is 9.85. The molecule has 0 radical (unpaired) electrons. The van der Waals surface area contributed by atoms with E-state index in [9.17, 15) is 9.59 Å². The van der Waals surface area contributed by atoms with Gasteiger partial charge in [-0.3, -0.25) is 14.5 Å². The summed E-state index contributed by atoms with van der Waals surface area (Å²) in [4.78, 5) is 37.6. The van der Waals surface area contributed by atoms with Crippen LogP contribution < -0.4 is 20.7 Å². The summed E-state index contributed by atoms with van der Waals surface area (Å²) in [6.45, 7) is 15.1. The van der Waals surface area contributed by atoms with Gasteiger partial charge in [-0.2, -0.15) is 0 Å². The van der Waals surface area contributed by atoms with Crippen LogP contribution in [0.2, 0.25) is 0 Å². The summed E-state index contributed by atoms with van der Waals surface area (Å²) in [6.07, 6.45) is 3.04. The first-order valence-corrected chi connectivity index (χ1v) is 17.0. The molecular formula is C37H51N9O4. The van der Waals surface area contributed by atoms with Crippen LogP contribution in [0.4, 0.5) is 10.6 Å². The summed E-state index contributed by atoms with van der Waals surface area (Å²) < 4.78 is 14.0. The second kappa shape index (κ2) is 14.3. The van der Waals surface area contributed by atoms with E-state index in [-0.39, 0.29) is 40.2 Å². The lowest BCUT2D eigenvalue weighted by Crippen LogP contribution is -2.48. The van der Waals surface area contributed by atoms with Gasteiger partial charge in [-0.25, -0.2) is 14.8 Å². The van der Waals surface area contributed by atoms with Crippen molar-refractivity contribution in [3.05, 3.63) is 77.1 Å². The van der Waals surface area contributed by atoms with Gasteiger partial charge >= 0.3 is 6.03 Å². The molecule has 13 heteroatoms. The van der Waals surface area contributed by atoms with Gasteiger partial charge in [0, 0.05) is 36.1 Å². The van der Waals surface area contributed by atoms with E-state index in [2.05, 4.69) is 50.0 Å². The Labute approximate surface area is 294 Å². The molecule has 3 N–H and O–H groups in total. The number of nitrogens with one attached hydrogen (secondary N) is 3. The highest BCUT2D eigenvalue weighted by Crippen LogP contribution is 2.39. The Kier molecular flexibility index (Phi) is 10.5. The minimum atomic E-state index is -0.424. The Morgan fingerprint density at radius 3 is 2.36 bits per heavy atom. The van der Waals surface area contributed by atoms with Crippen molar-refractivity contribution in [2.75, 3.05) is 39.7 Å². The maximum absolute atomic E-state index is 13.5. The molecule has 0 saturated carbocycles. The maximum atomic E-state index is 13.5. The van der Waals surface area contributed by atoms with E-state index in [1.165, 1.54) is 0 Å². The third-order valence-corrected chi connectivity index (χ3v) is 9.34. The van der Waals surface area contributed by atoms with Crippen molar-refractivity contribution in [1.82, 2.24) is 40.1 Å². The van der Waals surface area contributed by atoms with Gasteiger partial charge in [-0.15, -0.1) is 10.2 Å². The van der Waals surface area contributed by atoms with Gasteiger partial charge in [-0.05, 0) is 64.0 Å². The van der Waals surface area contributed by atoms with Crippen LogP contribution in [0.5, 0.6) is 5.75 Å². The van der Waals surface area contributed by atoms with Crippen molar-refractivity contribution >= 4 is 23.4 Å². The normalized spacial score (nSPS) is 16.6. The number of anilines is 1. The summed E-state index contributed by atoms with van der Waals surface area (Å²) in [5, 5.41) is 17.7. The minimum absolute atomic E-state index is 0.00401. The zero-order valence-corrected chi connectivity index (χ0v) is 30.9. The van der Waals surface area contributed by atoms with Gasteiger partial charge < -0.3 is 25.0 Å². The van der Waals surface area contributed by atoms with Crippen LogP contribution in [0.1, 0.15) is 107 Å². The fourth-order valence-corrected chi connectivity index (χ4v) is 5.86. The van der Waals surface area contributed by atoms with E-state index >= 15 is 0 Å². The van der Waals surface area contributed by atoms with Crippen molar-refractivity contribution < 1.29 is 19.1 Å². The highest BCUT2D eigenvalue weighted by Gasteiger charge is 2.31. The number of hydrogen-bond acceptors (Lipinski definition) is 9. The highest BCUT2D eigenvalue weighted by atomic mass is 16.5. The number of pyridine rings is 1. The minimum Gasteiger partial charge on any atom is -0.484 e. The number of urea groups is 1. The largest absolute Gasteiger partial charge is 0.484 e. The zero-order valence-electron chi connectivity index (χ0n) is 30.9. The molecule has 5 rings (SSSR count). The number of carbonyl (C=O) groups excluding carboxylic acids is 2. The quantitative estimate of drug-likeness (QED) is 0.184. The standard InChI is InChI=1S/C37H51N9O4/c1-35(2,3)28-19-29(41-31(40-28)32(47)38-21-37(6,7)45(8)9)42-34(48)39-26-16-17-27(25-14-12-11-13-24(25)26)50-23-15-18-30-43-44-33(46(30)20-23)36(4,5)22-49-10/h11-15,18-20,26-27H,16-17,21-22H2,1-10H3,(H,38,47)(H2,39,40,41,42,48). The number of aromatic nitrogens is 5. The second-order valence-corrected chi connectivity index (χ2v) is 15.5. The van der Waals surface area contributed by atoms with Crippen molar-refractivity contribution in [3.63, 3.8) is 0 Å². The molecule has 2 atom stereocenters. The number of hydrogen-bond donors (Lipinski definition) is 3. The van der Waals surface area contributed by atoms with Gasteiger partial charge in [-0.1, -0.05) is 58.9 Å². The van der Waals surface area contributed by atoms with E-state index in [0.717, 1.165) is 22.6 Å². The topological polar surface area (TPSA) is 148 Å². The van der Waals surface area contributed by atoms with Crippen LogP contribution in [0.25, 0.3) is 5.65 Å². The average Bonchev–Trinajstić information content (AvgIpc) is 3.48. The first-order chi connectivity index (χ1) is 23.5. The molecule has 1 aromatic carbocycles. The van der Waals surface area contributed by atoms with E-state index in [1.807, 2.05) is 101 Å². The summed E-state index contributed by atoms with van der Waals surface area (Å²) >= 11 is 0. The molecule has 1 aliphatic rings. The highest BCUT2D eigenvalue weighted by molar-refractivity contribution is 5.92. The number of amides is 3. The Bertz CT molecular complexity index is 1840.